The molecule has 0 rings (SSSR count). The lowest BCUT2D eigenvalue weighted by atomic mass is 10.1. The van der Waals surface area contributed by atoms with Crippen molar-refractivity contribution in [1.29, 1.82) is 0 Å². The minimum Gasteiger partial charge on any atom is -0.383 e. The van der Waals surface area contributed by atoms with Gasteiger partial charge >= 0.3 is 0 Å². The van der Waals surface area contributed by atoms with E-state index in [2.05, 4.69) is 16.6 Å². The number of carbonyl (C=O) groups is 1. The second kappa shape index (κ2) is 9.20. The zero-order valence-electron chi connectivity index (χ0n) is 10.4. The fraction of sp³-hybridized carbons (Fsp3) is 0.750. The van der Waals surface area contributed by atoms with Crippen molar-refractivity contribution in [2.24, 2.45) is 0 Å². The molecule has 0 saturated carbocycles. The van der Waals surface area contributed by atoms with E-state index < -0.39 is 0 Å². The third-order valence-electron chi connectivity index (χ3n) is 2.23. The minimum absolute atomic E-state index is 0.0278. The molecule has 1 amide bonds. The summed E-state index contributed by atoms with van der Waals surface area (Å²) in [5.41, 5.74) is 0. The molecular formula is C12H22N2O2. The van der Waals surface area contributed by atoms with Gasteiger partial charge in [0.15, 0.2) is 0 Å². The van der Waals surface area contributed by atoms with E-state index in [1.165, 1.54) is 0 Å². The molecule has 2 atom stereocenters. The Hall–Kier alpha value is -1.05. The first-order chi connectivity index (χ1) is 7.63. The van der Waals surface area contributed by atoms with Gasteiger partial charge in [-0.05, 0) is 13.3 Å². The Bertz CT molecular complexity index is 236. The quantitative estimate of drug-likeness (QED) is 0.594. The third kappa shape index (κ3) is 7.27. The number of hydrogen-bond acceptors (Lipinski definition) is 3. The molecule has 4 nitrogen and oxygen atoms in total. The van der Waals surface area contributed by atoms with E-state index in [0.29, 0.717) is 19.6 Å². The first-order valence-corrected chi connectivity index (χ1v) is 5.59. The van der Waals surface area contributed by atoms with Crippen molar-refractivity contribution < 1.29 is 9.53 Å². The highest BCUT2D eigenvalue weighted by molar-refractivity contribution is 5.78. The molecule has 2 unspecified atom stereocenters. The summed E-state index contributed by atoms with van der Waals surface area (Å²) in [6.45, 7) is 4.77. The molecule has 0 saturated heterocycles. The van der Waals surface area contributed by atoms with Crippen LogP contribution in [0.25, 0.3) is 0 Å². The molecule has 0 aromatic rings. The monoisotopic (exact) mass is 226 g/mol. The first-order valence-electron chi connectivity index (χ1n) is 5.59. The van der Waals surface area contributed by atoms with Crippen LogP contribution in [-0.2, 0) is 9.53 Å². The van der Waals surface area contributed by atoms with E-state index in [0.717, 1.165) is 6.42 Å². The summed E-state index contributed by atoms with van der Waals surface area (Å²) < 4.78 is 4.93. The summed E-state index contributed by atoms with van der Waals surface area (Å²) in [7, 11) is 1.61. The van der Waals surface area contributed by atoms with E-state index in [4.69, 9.17) is 11.2 Å². The molecule has 0 aliphatic heterocycles. The van der Waals surface area contributed by atoms with E-state index in [1.54, 1.807) is 7.11 Å². The van der Waals surface area contributed by atoms with Crippen LogP contribution in [0, 0.1) is 12.3 Å². The molecule has 0 aliphatic rings. The van der Waals surface area contributed by atoms with Crippen LogP contribution >= 0.6 is 0 Å². The Morgan fingerprint density at radius 3 is 2.75 bits per heavy atom. The van der Waals surface area contributed by atoms with Crippen molar-refractivity contribution in [3.63, 3.8) is 0 Å². The minimum atomic E-state index is -0.0278. The first kappa shape index (κ1) is 14.9. The molecule has 4 heteroatoms. The highest BCUT2D eigenvalue weighted by Crippen LogP contribution is 1.94. The van der Waals surface area contributed by atoms with Crippen molar-refractivity contribution in [2.75, 3.05) is 20.3 Å². The van der Waals surface area contributed by atoms with Crippen molar-refractivity contribution in [2.45, 2.75) is 38.8 Å². The van der Waals surface area contributed by atoms with Gasteiger partial charge in [0.05, 0.1) is 13.2 Å². The van der Waals surface area contributed by atoms with E-state index in [-0.39, 0.29) is 18.0 Å². The lowest BCUT2D eigenvalue weighted by Crippen LogP contribution is -2.43. The lowest BCUT2D eigenvalue weighted by Gasteiger charge is -2.16. The Labute approximate surface area is 98.1 Å². The number of amides is 1. The Balaban J connectivity index is 3.75. The molecule has 16 heavy (non-hydrogen) atoms. The van der Waals surface area contributed by atoms with Crippen molar-refractivity contribution >= 4 is 5.91 Å². The van der Waals surface area contributed by atoms with Crippen LogP contribution in [0.2, 0.25) is 0 Å². The van der Waals surface area contributed by atoms with Crippen LogP contribution < -0.4 is 10.6 Å². The van der Waals surface area contributed by atoms with Gasteiger partial charge in [0.25, 0.3) is 0 Å². The molecular weight excluding hydrogens is 204 g/mol. The number of carbonyl (C=O) groups excluding carboxylic acids is 1. The van der Waals surface area contributed by atoms with Gasteiger partial charge in [-0.3, -0.25) is 4.79 Å². The molecule has 0 heterocycles. The zero-order valence-corrected chi connectivity index (χ0v) is 10.4. The Morgan fingerprint density at radius 1 is 1.56 bits per heavy atom. The SMILES string of the molecule is C#CCC(CC)NCC(=O)NC(C)COC. The lowest BCUT2D eigenvalue weighted by molar-refractivity contribution is -0.121. The normalized spacial score (nSPS) is 13.9. The summed E-state index contributed by atoms with van der Waals surface area (Å²) >= 11 is 0. The second-order valence-corrected chi connectivity index (χ2v) is 3.82. The highest BCUT2D eigenvalue weighted by atomic mass is 16.5. The second-order valence-electron chi connectivity index (χ2n) is 3.82. The smallest absolute Gasteiger partial charge is 0.234 e. The van der Waals surface area contributed by atoms with Crippen molar-refractivity contribution in [3.8, 4) is 12.3 Å². The predicted molar refractivity (Wildman–Crippen MR) is 65.0 cm³/mol. The van der Waals surface area contributed by atoms with Gasteiger partial charge in [-0.15, -0.1) is 12.3 Å². The molecule has 0 radical (unpaired) electrons. The maximum atomic E-state index is 11.5. The molecule has 0 aromatic heterocycles. The van der Waals surface area contributed by atoms with Crippen LogP contribution in [0.5, 0.6) is 0 Å². The van der Waals surface area contributed by atoms with Crippen molar-refractivity contribution in [3.05, 3.63) is 0 Å². The van der Waals surface area contributed by atoms with Gasteiger partial charge in [-0.2, -0.15) is 0 Å². The number of hydrogen-bond donors (Lipinski definition) is 2. The Kier molecular flexibility index (Phi) is 8.59. The maximum Gasteiger partial charge on any atom is 0.234 e. The predicted octanol–water partition coefficient (Wildman–Crippen LogP) is 0.529. The third-order valence-corrected chi connectivity index (χ3v) is 2.23. The molecule has 0 spiro atoms. The van der Waals surface area contributed by atoms with Crippen LogP contribution in [0.4, 0.5) is 0 Å². The van der Waals surface area contributed by atoms with Gasteiger partial charge in [0.1, 0.15) is 0 Å². The zero-order chi connectivity index (χ0) is 12.4. The van der Waals surface area contributed by atoms with E-state index >= 15 is 0 Å². The topological polar surface area (TPSA) is 50.4 Å². The number of ether oxygens (including phenoxy) is 1. The van der Waals surface area contributed by atoms with Gasteiger partial charge in [-0.1, -0.05) is 6.92 Å². The molecule has 0 aromatic carbocycles. The summed E-state index contributed by atoms with van der Waals surface area (Å²) in [4.78, 5) is 11.5. The summed E-state index contributed by atoms with van der Waals surface area (Å²) in [6.07, 6.45) is 6.80. The van der Waals surface area contributed by atoms with Crippen LogP contribution in [0.3, 0.4) is 0 Å². The van der Waals surface area contributed by atoms with Crippen LogP contribution in [0.15, 0.2) is 0 Å². The number of rotatable bonds is 8. The van der Waals surface area contributed by atoms with Crippen molar-refractivity contribution in [1.82, 2.24) is 10.6 Å². The van der Waals surface area contributed by atoms with E-state index in [9.17, 15) is 4.79 Å². The number of terminal acetylenes is 1. The Morgan fingerprint density at radius 2 is 2.25 bits per heavy atom. The van der Waals surface area contributed by atoms with Crippen LogP contribution in [0.1, 0.15) is 26.7 Å². The highest BCUT2D eigenvalue weighted by Gasteiger charge is 2.09. The van der Waals surface area contributed by atoms with Gasteiger partial charge in [-0.25, -0.2) is 0 Å². The number of nitrogens with one attached hydrogen (secondary N) is 2. The molecule has 0 aliphatic carbocycles. The molecule has 0 bridgehead atoms. The summed E-state index contributed by atoms with van der Waals surface area (Å²) in [5.74, 6) is 2.56. The molecule has 2 N–H and O–H groups in total. The summed E-state index contributed by atoms with van der Waals surface area (Å²) in [6, 6.07) is 0.250. The average molecular weight is 226 g/mol. The van der Waals surface area contributed by atoms with Gasteiger partial charge in [0, 0.05) is 25.6 Å². The number of methoxy groups -OCH3 is 1. The average Bonchev–Trinajstić information content (AvgIpc) is 2.24. The largest absolute Gasteiger partial charge is 0.383 e. The van der Waals surface area contributed by atoms with Gasteiger partial charge in [0.2, 0.25) is 5.91 Å². The summed E-state index contributed by atoms with van der Waals surface area (Å²) in [5, 5.41) is 5.95. The van der Waals surface area contributed by atoms with E-state index in [1.807, 2.05) is 13.8 Å². The fourth-order valence-corrected chi connectivity index (χ4v) is 1.36. The molecule has 92 valence electrons. The van der Waals surface area contributed by atoms with Crippen LogP contribution in [-0.4, -0.2) is 38.3 Å². The maximum absolute atomic E-state index is 11.5. The standard InChI is InChI=1S/C12H22N2O2/c1-5-7-11(6-2)13-8-12(15)14-10(3)9-16-4/h1,10-11,13H,6-9H2,2-4H3,(H,14,15). The fourth-order valence-electron chi connectivity index (χ4n) is 1.36. The van der Waals surface area contributed by atoms with Gasteiger partial charge < -0.3 is 15.4 Å². The molecule has 0 fully saturated rings.